The van der Waals surface area contributed by atoms with Crippen LogP contribution in [0.2, 0.25) is 0 Å². The molecule has 21 heavy (non-hydrogen) atoms. The molecule has 0 radical (unpaired) electrons. The predicted molar refractivity (Wildman–Crippen MR) is 77.9 cm³/mol. The molecular weight excluding hydrogens is 270 g/mol. The number of aryl methyl sites for hydroxylation is 1. The molecule has 2 aromatic rings. The van der Waals surface area contributed by atoms with Crippen molar-refractivity contribution in [3.8, 4) is 11.5 Å². The average Bonchev–Trinajstić information content (AvgIpc) is 2.85. The number of methoxy groups -OCH3 is 1. The van der Waals surface area contributed by atoms with E-state index in [9.17, 15) is 4.79 Å². The van der Waals surface area contributed by atoms with E-state index < -0.39 is 0 Å². The lowest BCUT2D eigenvalue weighted by molar-refractivity contribution is 0.101. The lowest BCUT2D eigenvalue weighted by Gasteiger charge is -2.07. The molecule has 0 amide bonds. The third kappa shape index (κ3) is 3.81. The zero-order valence-corrected chi connectivity index (χ0v) is 12.5. The fraction of sp³-hybridized carbons (Fsp3) is 0.400. The molecule has 0 saturated heterocycles. The van der Waals surface area contributed by atoms with Gasteiger partial charge in [-0.05, 0) is 31.2 Å². The third-order valence-corrected chi connectivity index (χ3v) is 3.16. The minimum absolute atomic E-state index is 0.0618. The first kappa shape index (κ1) is 15.0. The Morgan fingerprint density at radius 3 is 2.48 bits per heavy atom. The monoisotopic (exact) mass is 289 g/mol. The van der Waals surface area contributed by atoms with Crippen LogP contribution < -0.4 is 9.47 Å². The van der Waals surface area contributed by atoms with E-state index in [1.807, 2.05) is 31.2 Å². The second-order valence-electron chi connectivity index (χ2n) is 4.68. The van der Waals surface area contributed by atoms with Gasteiger partial charge < -0.3 is 9.47 Å². The van der Waals surface area contributed by atoms with Crippen molar-refractivity contribution in [2.75, 3.05) is 13.7 Å². The zero-order chi connectivity index (χ0) is 15.2. The van der Waals surface area contributed by atoms with Crippen molar-refractivity contribution in [2.45, 2.75) is 26.8 Å². The van der Waals surface area contributed by atoms with Crippen molar-refractivity contribution in [1.82, 2.24) is 15.0 Å². The Morgan fingerprint density at radius 2 is 1.90 bits per heavy atom. The molecule has 0 N–H and O–H groups in total. The first-order valence-electron chi connectivity index (χ1n) is 6.79. The van der Waals surface area contributed by atoms with Gasteiger partial charge in [0.05, 0.1) is 19.4 Å². The van der Waals surface area contributed by atoms with Crippen LogP contribution in [0.15, 0.2) is 24.3 Å². The van der Waals surface area contributed by atoms with E-state index in [0.29, 0.717) is 18.8 Å². The van der Waals surface area contributed by atoms with Gasteiger partial charge >= 0.3 is 0 Å². The van der Waals surface area contributed by atoms with Gasteiger partial charge in [0.25, 0.3) is 0 Å². The molecule has 0 aliphatic carbocycles. The number of benzene rings is 1. The third-order valence-electron chi connectivity index (χ3n) is 3.16. The fourth-order valence-electron chi connectivity index (χ4n) is 1.97. The van der Waals surface area contributed by atoms with E-state index in [4.69, 9.17) is 9.47 Å². The van der Waals surface area contributed by atoms with Gasteiger partial charge in [0.15, 0.2) is 11.5 Å². The highest BCUT2D eigenvalue weighted by molar-refractivity contribution is 5.92. The first-order valence-corrected chi connectivity index (χ1v) is 6.79. The molecule has 0 spiro atoms. The highest BCUT2D eigenvalue weighted by Gasteiger charge is 2.11. The van der Waals surface area contributed by atoms with Crippen LogP contribution in [-0.4, -0.2) is 34.5 Å². The largest absolute Gasteiger partial charge is 0.497 e. The van der Waals surface area contributed by atoms with Crippen molar-refractivity contribution in [3.05, 3.63) is 35.7 Å². The predicted octanol–water partition coefficient (Wildman–Crippen LogP) is 2.27. The van der Waals surface area contributed by atoms with E-state index in [0.717, 1.165) is 23.6 Å². The molecule has 0 fully saturated rings. The maximum Gasteiger partial charge on any atom is 0.181 e. The van der Waals surface area contributed by atoms with E-state index >= 15 is 0 Å². The molecule has 1 aromatic carbocycles. The summed E-state index contributed by atoms with van der Waals surface area (Å²) in [5.41, 5.74) is 1.23. The Bertz CT molecular complexity index is 605. The van der Waals surface area contributed by atoms with Crippen molar-refractivity contribution < 1.29 is 14.3 Å². The zero-order valence-electron chi connectivity index (χ0n) is 12.5. The molecule has 0 aliphatic heterocycles. The maximum absolute atomic E-state index is 11.3. The van der Waals surface area contributed by atoms with Gasteiger partial charge in [-0.25, -0.2) is 4.68 Å². The van der Waals surface area contributed by atoms with E-state index in [1.165, 1.54) is 6.92 Å². The number of hydrogen-bond donors (Lipinski definition) is 0. The smallest absolute Gasteiger partial charge is 0.181 e. The van der Waals surface area contributed by atoms with Crippen molar-refractivity contribution in [1.29, 1.82) is 0 Å². The van der Waals surface area contributed by atoms with Gasteiger partial charge in [0.2, 0.25) is 0 Å². The Labute approximate surface area is 123 Å². The molecule has 6 heteroatoms. The summed E-state index contributed by atoms with van der Waals surface area (Å²) in [7, 11) is 1.63. The maximum atomic E-state index is 11.3. The summed E-state index contributed by atoms with van der Waals surface area (Å²) in [4.78, 5) is 11.3. The standard InChI is InChI=1S/C15H19N3O3/c1-11-15(12(2)19)16-17-18(11)9-4-10-21-14-7-5-13(20-3)6-8-14/h5-8H,4,9-10H2,1-3H3. The van der Waals surface area contributed by atoms with Crippen LogP contribution in [0.1, 0.15) is 29.5 Å². The summed E-state index contributed by atoms with van der Waals surface area (Å²) in [6.45, 7) is 4.58. The quantitative estimate of drug-likeness (QED) is 0.578. The lowest BCUT2D eigenvalue weighted by atomic mass is 10.2. The average molecular weight is 289 g/mol. The van der Waals surface area contributed by atoms with Crippen LogP contribution in [0.4, 0.5) is 0 Å². The van der Waals surface area contributed by atoms with Crippen LogP contribution in [0.3, 0.4) is 0 Å². The number of aromatic nitrogens is 3. The molecule has 0 unspecified atom stereocenters. The molecule has 1 heterocycles. The first-order chi connectivity index (χ1) is 10.1. The van der Waals surface area contributed by atoms with Crippen LogP contribution in [-0.2, 0) is 6.54 Å². The number of ether oxygens (including phenoxy) is 2. The molecule has 2 rings (SSSR count). The summed E-state index contributed by atoms with van der Waals surface area (Å²) in [5.74, 6) is 1.54. The Balaban J connectivity index is 1.80. The lowest BCUT2D eigenvalue weighted by Crippen LogP contribution is -2.08. The van der Waals surface area contributed by atoms with Crippen molar-refractivity contribution >= 4 is 5.78 Å². The molecule has 0 saturated carbocycles. The number of nitrogens with zero attached hydrogens (tertiary/aromatic N) is 3. The van der Waals surface area contributed by atoms with E-state index in [2.05, 4.69) is 10.3 Å². The topological polar surface area (TPSA) is 66.2 Å². The summed E-state index contributed by atoms with van der Waals surface area (Å²) in [5, 5.41) is 7.86. The number of rotatable bonds is 7. The molecule has 0 atom stereocenters. The summed E-state index contributed by atoms with van der Waals surface area (Å²) in [6.07, 6.45) is 0.785. The van der Waals surface area contributed by atoms with Crippen LogP contribution in [0.25, 0.3) is 0 Å². The minimum Gasteiger partial charge on any atom is -0.497 e. The molecule has 1 aromatic heterocycles. The van der Waals surface area contributed by atoms with Gasteiger partial charge in [0.1, 0.15) is 11.5 Å². The van der Waals surface area contributed by atoms with Crippen LogP contribution in [0, 0.1) is 6.92 Å². The minimum atomic E-state index is -0.0618. The number of Topliss-reactive ketones (excluding diaryl/α,β-unsaturated/α-hetero) is 1. The second kappa shape index (κ2) is 6.88. The van der Waals surface area contributed by atoms with Crippen molar-refractivity contribution in [2.24, 2.45) is 0 Å². The number of carbonyl (C=O) groups excluding carboxylic acids is 1. The van der Waals surface area contributed by atoms with Crippen LogP contribution >= 0.6 is 0 Å². The number of carbonyl (C=O) groups is 1. The fourth-order valence-corrected chi connectivity index (χ4v) is 1.97. The number of ketones is 1. The molecular formula is C15H19N3O3. The molecule has 6 nitrogen and oxygen atoms in total. The molecule has 112 valence electrons. The highest BCUT2D eigenvalue weighted by Crippen LogP contribution is 2.17. The summed E-state index contributed by atoms with van der Waals surface area (Å²) >= 11 is 0. The molecule has 0 aliphatic rings. The molecule has 0 bridgehead atoms. The Kier molecular flexibility index (Phi) is 4.92. The SMILES string of the molecule is COc1ccc(OCCCn2nnc(C(C)=O)c2C)cc1. The normalized spacial score (nSPS) is 10.4. The van der Waals surface area contributed by atoms with E-state index in [-0.39, 0.29) is 5.78 Å². The van der Waals surface area contributed by atoms with Gasteiger partial charge in [-0.3, -0.25) is 4.79 Å². The second-order valence-corrected chi connectivity index (χ2v) is 4.68. The summed E-state index contributed by atoms with van der Waals surface area (Å²) in [6, 6.07) is 7.45. The highest BCUT2D eigenvalue weighted by atomic mass is 16.5. The van der Waals surface area contributed by atoms with Gasteiger partial charge in [0, 0.05) is 19.9 Å². The van der Waals surface area contributed by atoms with Crippen molar-refractivity contribution in [3.63, 3.8) is 0 Å². The van der Waals surface area contributed by atoms with Gasteiger partial charge in [-0.2, -0.15) is 0 Å². The van der Waals surface area contributed by atoms with Gasteiger partial charge in [-0.15, -0.1) is 5.10 Å². The van der Waals surface area contributed by atoms with E-state index in [1.54, 1.807) is 11.8 Å². The number of hydrogen-bond acceptors (Lipinski definition) is 5. The van der Waals surface area contributed by atoms with Crippen LogP contribution in [0.5, 0.6) is 11.5 Å². The van der Waals surface area contributed by atoms with Gasteiger partial charge in [-0.1, -0.05) is 5.21 Å². The Hall–Kier alpha value is -2.37. The Morgan fingerprint density at radius 1 is 1.24 bits per heavy atom. The summed E-state index contributed by atoms with van der Waals surface area (Å²) < 4.78 is 12.5.